The zero-order chi connectivity index (χ0) is 16.7. The van der Waals surface area contributed by atoms with E-state index >= 15 is 0 Å². The van der Waals surface area contributed by atoms with Gasteiger partial charge in [0, 0.05) is 12.4 Å². The van der Waals surface area contributed by atoms with Gasteiger partial charge in [0.25, 0.3) is 0 Å². The van der Waals surface area contributed by atoms with Crippen molar-refractivity contribution >= 4 is 17.7 Å². The molecule has 0 aliphatic heterocycles. The van der Waals surface area contributed by atoms with Crippen LogP contribution in [0.5, 0.6) is 0 Å². The number of nitrogens with two attached hydrogens (primary N) is 1. The first-order valence-electron chi connectivity index (χ1n) is 7.67. The van der Waals surface area contributed by atoms with Gasteiger partial charge in [-0.05, 0) is 48.1 Å². The van der Waals surface area contributed by atoms with E-state index in [1.807, 2.05) is 55.8 Å². The van der Waals surface area contributed by atoms with E-state index in [0.717, 1.165) is 22.4 Å². The summed E-state index contributed by atoms with van der Waals surface area (Å²) in [7, 11) is 0. The minimum Gasteiger partial charge on any atom is -0.348 e. The molecule has 0 radical (unpaired) electrons. The third kappa shape index (κ3) is 5.08. The number of thioether (sulfide) groups is 1. The average Bonchev–Trinajstić information content (AvgIpc) is 2.60. The highest BCUT2D eigenvalue weighted by Gasteiger charge is 2.16. The Balaban J connectivity index is 1.97. The van der Waals surface area contributed by atoms with Crippen LogP contribution in [0.15, 0.2) is 48.8 Å². The van der Waals surface area contributed by atoms with Crippen molar-refractivity contribution in [2.45, 2.75) is 25.4 Å². The topological polar surface area (TPSA) is 68.0 Å². The fourth-order valence-corrected chi connectivity index (χ4v) is 2.77. The molecule has 3 N–H and O–H groups in total. The molecule has 1 aromatic carbocycles. The van der Waals surface area contributed by atoms with Crippen LogP contribution in [-0.4, -0.2) is 28.9 Å². The van der Waals surface area contributed by atoms with Crippen LogP contribution in [0.3, 0.4) is 0 Å². The summed E-state index contributed by atoms with van der Waals surface area (Å²) in [5, 5.41) is 2.98. The maximum Gasteiger partial charge on any atom is 0.237 e. The second-order valence-electron chi connectivity index (χ2n) is 5.48. The summed E-state index contributed by atoms with van der Waals surface area (Å²) >= 11 is 1.70. The molecule has 2 atom stereocenters. The van der Waals surface area contributed by atoms with Gasteiger partial charge in [0.15, 0.2) is 0 Å². The summed E-state index contributed by atoms with van der Waals surface area (Å²) in [5.74, 6) is 0.797. The van der Waals surface area contributed by atoms with Crippen molar-refractivity contribution in [1.29, 1.82) is 0 Å². The normalized spacial score (nSPS) is 13.3. The minimum absolute atomic E-state index is 0.0641. The van der Waals surface area contributed by atoms with Gasteiger partial charge in [-0.3, -0.25) is 9.78 Å². The van der Waals surface area contributed by atoms with Crippen LogP contribution >= 0.6 is 11.8 Å². The number of pyridine rings is 1. The molecule has 0 aliphatic carbocycles. The molecule has 0 spiro atoms. The predicted octanol–water partition coefficient (Wildman–Crippen LogP) is 3.01. The van der Waals surface area contributed by atoms with Crippen LogP contribution in [0, 0.1) is 0 Å². The van der Waals surface area contributed by atoms with Crippen LogP contribution in [0.4, 0.5) is 0 Å². The van der Waals surface area contributed by atoms with E-state index in [9.17, 15) is 4.79 Å². The Morgan fingerprint density at radius 1 is 1.26 bits per heavy atom. The van der Waals surface area contributed by atoms with E-state index in [2.05, 4.69) is 10.3 Å². The SMILES string of the molecule is CSCC[C@H](N)C(=O)NC(C)c1ccc(-c2cccnc2)cc1. The lowest BCUT2D eigenvalue weighted by Gasteiger charge is -2.18. The fourth-order valence-electron chi connectivity index (χ4n) is 2.28. The second kappa shape index (κ2) is 8.70. The van der Waals surface area contributed by atoms with Crippen LogP contribution in [0.25, 0.3) is 11.1 Å². The molecule has 0 saturated heterocycles. The maximum atomic E-state index is 12.1. The Hall–Kier alpha value is -1.85. The molecule has 0 aliphatic rings. The summed E-state index contributed by atoms with van der Waals surface area (Å²) in [4.78, 5) is 16.2. The van der Waals surface area contributed by atoms with Crippen LogP contribution in [0.1, 0.15) is 24.9 Å². The second-order valence-corrected chi connectivity index (χ2v) is 6.47. The number of aromatic nitrogens is 1. The Labute approximate surface area is 141 Å². The number of rotatable bonds is 7. The predicted molar refractivity (Wildman–Crippen MR) is 97.2 cm³/mol. The number of hydrogen-bond donors (Lipinski definition) is 2. The zero-order valence-electron chi connectivity index (χ0n) is 13.5. The molecule has 1 unspecified atom stereocenters. The smallest absolute Gasteiger partial charge is 0.237 e. The molecule has 23 heavy (non-hydrogen) atoms. The van der Waals surface area contributed by atoms with E-state index < -0.39 is 6.04 Å². The molecule has 0 bridgehead atoms. The molecule has 4 nitrogen and oxygen atoms in total. The first-order valence-corrected chi connectivity index (χ1v) is 9.06. The van der Waals surface area contributed by atoms with E-state index in [-0.39, 0.29) is 11.9 Å². The molecule has 5 heteroatoms. The summed E-state index contributed by atoms with van der Waals surface area (Å²) in [5.41, 5.74) is 9.14. The molecule has 1 aromatic heterocycles. The van der Waals surface area contributed by atoms with E-state index in [4.69, 9.17) is 5.73 Å². The van der Waals surface area contributed by atoms with Gasteiger partial charge in [-0.25, -0.2) is 0 Å². The van der Waals surface area contributed by atoms with E-state index in [1.165, 1.54) is 0 Å². The van der Waals surface area contributed by atoms with Crippen LogP contribution < -0.4 is 11.1 Å². The number of nitrogens with one attached hydrogen (secondary N) is 1. The largest absolute Gasteiger partial charge is 0.348 e. The van der Waals surface area contributed by atoms with E-state index in [1.54, 1.807) is 18.0 Å². The number of hydrogen-bond acceptors (Lipinski definition) is 4. The van der Waals surface area contributed by atoms with Crippen molar-refractivity contribution in [3.8, 4) is 11.1 Å². The molecular weight excluding hydrogens is 306 g/mol. The highest BCUT2D eigenvalue weighted by Crippen LogP contribution is 2.21. The Bertz CT molecular complexity index is 616. The summed E-state index contributed by atoms with van der Waals surface area (Å²) in [6, 6.07) is 11.6. The third-order valence-electron chi connectivity index (χ3n) is 3.73. The van der Waals surface area contributed by atoms with Crippen LogP contribution in [-0.2, 0) is 4.79 Å². The molecule has 1 heterocycles. The van der Waals surface area contributed by atoms with Crippen molar-refractivity contribution < 1.29 is 4.79 Å². The first-order chi connectivity index (χ1) is 11.1. The molecule has 2 rings (SSSR count). The van der Waals surface area contributed by atoms with Gasteiger partial charge in [-0.1, -0.05) is 30.3 Å². The number of amides is 1. The summed E-state index contributed by atoms with van der Waals surface area (Å²) < 4.78 is 0. The molecule has 0 fully saturated rings. The van der Waals surface area contributed by atoms with Gasteiger partial charge in [0.2, 0.25) is 5.91 Å². The molecule has 1 amide bonds. The van der Waals surface area contributed by atoms with Crippen molar-refractivity contribution in [2.75, 3.05) is 12.0 Å². The lowest BCUT2D eigenvalue weighted by molar-refractivity contribution is -0.123. The van der Waals surface area contributed by atoms with Gasteiger partial charge in [-0.2, -0.15) is 11.8 Å². The molecule has 0 saturated carbocycles. The van der Waals surface area contributed by atoms with Gasteiger partial charge in [0.05, 0.1) is 12.1 Å². The minimum atomic E-state index is -0.445. The lowest BCUT2D eigenvalue weighted by atomic mass is 10.0. The molecular formula is C18H23N3OS. The van der Waals surface area contributed by atoms with E-state index in [0.29, 0.717) is 6.42 Å². The van der Waals surface area contributed by atoms with Gasteiger partial charge < -0.3 is 11.1 Å². The first kappa shape index (κ1) is 17.5. The Kier molecular flexibility index (Phi) is 6.62. The fraction of sp³-hybridized carbons (Fsp3) is 0.333. The number of nitrogens with zero attached hydrogens (tertiary/aromatic N) is 1. The Morgan fingerprint density at radius 2 is 2.00 bits per heavy atom. The summed E-state index contributed by atoms with van der Waals surface area (Å²) in [6.45, 7) is 1.97. The Morgan fingerprint density at radius 3 is 2.61 bits per heavy atom. The number of benzene rings is 1. The van der Waals surface area contributed by atoms with Gasteiger partial charge in [-0.15, -0.1) is 0 Å². The van der Waals surface area contributed by atoms with Crippen LogP contribution in [0.2, 0.25) is 0 Å². The summed E-state index contributed by atoms with van der Waals surface area (Å²) in [6.07, 6.45) is 6.30. The van der Waals surface area contributed by atoms with Crippen molar-refractivity contribution in [3.05, 3.63) is 54.4 Å². The lowest BCUT2D eigenvalue weighted by Crippen LogP contribution is -2.41. The van der Waals surface area contributed by atoms with Crippen molar-refractivity contribution in [2.24, 2.45) is 5.73 Å². The number of carbonyl (C=O) groups is 1. The third-order valence-corrected chi connectivity index (χ3v) is 4.38. The number of carbonyl (C=O) groups excluding carboxylic acids is 1. The molecule has 122 valence electrons. The highest BCUT2D eigenvalue weighted by molar-refractivity contribution is 7.98. The standard InChI is InChI=1S/C18H23N3OS/c1-13(21-18(22)17(19)9-11-23-2)14-5-7-15(8-6-14)16-4-3-10-20-12-16/h3-8,10,12-13,17H,9,11,19H2,1-2H3,(H,21,22)/t13?,17-/m0/s1. The van der Waals surface area contributed by atoms with Gasteiger partial charge in [0.1, 0.15) is 0 Å². The van der Waals surface area contributed by atoms with Crippen molar-refractivity contribution in [3.63, 3.8) is 0 Å². The quantitative estimate of drug-likeness (QED) is 0.819. The monoisotopic (exact) mass is 329 g/mol. The zero-order valence-corrected chi connectivity index (χ0v) is 14.3. The highest BCUT2D eigenvalue weighted by atomic mass is 32.2. The average molecular weight is 329 g/mol. The molecule has 2 aromatic rings. The van der Waals surface area contributed by atoms with Gasteiger partial charge >= 0.3 is 0 Å². The van der Waals surface area contributed by atoms with Crippen molar-refractivity contribution in [1.82, 2.24) is 10.3 Å². The maximum absolute atomic E-state index is 12.1.